The fourth-order valence-corrected chi connectivity index (χ4v) is 2.64. The molecule has 0 atom stereocenters. The predicted molar refractivity (Wildman–Crippen MR) is 106 cm³/mol. The number of ether oxygens (including phenoxy) is 1. The van der Waals surface area contributed by atoms with E-state index in [0.29, 0.717) is 0 Å². The van der Waals surface area contributed by atoms with Crippen LogP contribution < -0.4 is 21.1 Å². The van der Waals surface area contributed by atoms with Crippen LogP contribution in [0.5, 0.6) is 5.75 Å². The van der Waals surface area contributed by atoms with Crippen molar-refractivity contribution in [2.24, 2.45) is 0 Å². The van der Waals surface area contributed by atoms with Crippen molar-refractivity contribution >= 4 is 28.4 Å². The zero-order valence-corrected chi connectivity index (χ0v) is 14.5. The molecule has 0 saturated carbocycles. The van der Waals surface area contributed by atoms with Gasteiger partial charge in [-0.1, -0.05) is 0 Å². The lowest BCUT2D eigenvalue weighted by atomic mass is 10.1. The van der Waals surface area contributed by atoms with Crippen molar-refractivity contribution < 1.29 is 4.74 Å². The van der Waals surface area contributed by atoms with Gasteiger partial charge in [0.05, 0.1) is 6.10 Å². The molecule has 0 aliphatic carbocycles. The molecule has 0 fully saturated rings. The molecule has 0 saturated heterocycles. The third kappa shape index (κ3) is 4.04. The second kappa shape index (κ2) is 7.18. The van der Waals surface area contributed by atoms with Gasteiger partial charge in [-0.25, -0.2) is 0 Å². The molecule has 0 aromatic heterocycles. The molecule has 0 unspecified atom stereocenters. The van der Waals surface area contributed by atoms with Crippen LogP contribution in [0.2, 0.25) is 0 Å². The highest BCUT2D eigenvalue weighted by atomic mass is 16.5. The normalized spacial score (nSPS) is 10.7. The van der Waals surface area contributed by atoms with Gasteiger partial charge in [0.2, 0.25) is 0 Å². The van der Waals surface area contributed by atoms with Crippen LogP contribution in [0, 0.1) is 0 Å². The second-order valence-electron chi connectivity index (χ2n) is 6.18. The molecule has 0 radical (unpaired) electrons. The minimum Gasteiger partial charge on any atom is -0.491 e. The maximum absolute atomic E-state index is 5.84. The summed E-state index contributed by atoms with van der Waals surface area (Å²) in [5, 5.41) is 0. The van der Waals surface area contributed by atoms with Crippen molar-refractivity contribution in [3.05, 3.63) is 72.8 Å². The molecular formula is C21H23N3O. The summed E-state index contributed by atoms with van der Waals surface area (Å²) in [5.41, 5.74) is 16.2. The van der Waals surface area contributed by atoms with Gasteiger partial charge in [0.15, 0.2) is 0 Å². The van der Waals surface area contributed by atoms with Crippen molar-refractivity contribution in [3.63, 3.8) is 0 Å². The van der Waals surface area contributed by atoms with E-state index in [2.05, 4.69) is 4.90 Å². The van der Waals surface area contributed by atoms with Gasteiger partial charge < -0.3 is 21.1 Å². The first kappa shape index (κ1) is 16.7. The van der Waals surface area contributed by atoms with E-state index < -0.39 is 0 Å². The maximum Gasteiger partial charge on any atom is 0.119 e. The van der Waals surface area contributed by atoms with Gasteiger partial charge in [0.25, 0.3) is 0 Å². The topological polar surface area (TPSA) is 64.5 Å². The number of nitrogens with two attached hydrogens (primary N) is 2. The number of nitrogens with zero attached hydrogens (tertiary/aromatic N) is 1. The first-order valence-corrected chi connectivity index (χ1v) is 8.31. The Morgan fingerprint density at radius 2 is 1.00 bits per heavy atom. The van der Waals surface area contributed by atoms with E-state index in [1.54, 1.807) is 0 Å². The molecule has 3 aromatic carbocycles. The first-order chi connectivity index (χ1) is 12.0. The molecular weight excluding hydrogens is 310 g/mol. The second-order valence-corrected chi connectivity index (χ2v) is 6.18. The van der Waals surface area contributed by atoms with E-state index in [-0.39, 0.29) is 6.10 Å². The van der Waals surface area contributed by atoms with Gasteiger partial charge in [0.1, 0.15) is 5.75 Å². The summed E-state index contributed by atoms with van der Waals surface area (Å²) in [6.45, 7) is 4.03. The highest BCUT2D eigenvalue weighted by molar-refractivity contribution is 5.78. The molecule has 128 valence electrons. The predicted octanol–water partition coefficient (Wildman–Crippen LogP) is 5.11. The molecule has 3 rings (SSSR count). The third-order valence-corrected chi connectivity index (χ3v) is 3.77. The van der Waals surface area contributed by atoms with Gasteiger partial charge in [-0.3, -0.25) is 0 Å². The van der Waals surface area contributed by atoms with Crippen LogP contribution in [0.15, 0.2) is 72.8 Å². The zero-order chi connectivity index (χ0) is 17.8. The van der Waals surface area contributed by atoms with Gasteiger partial charge in [-0.15, -0.1) is 0 Å². The van der Waals surface area contributed by atoms with Crippen LogP contribution in [0.25, 0.3) is 0 Å². The number of nitrogen functional groups attached to an aromatic ring is 2. The smallest absolute Gasteiger partial charge is 0.119 e. The average molecular weight is 333 g/mol. The Bertz CT molecular complexity index is 764. The number of hydrogen-bond acceptors (Lipinski definition) is 4. The lowest BCUT2D eigenvalue weighted by molar-refractivity contribution is 0.242. The fourth-order valence-electron chi connectivity index (χ4n) is 2.64. The summed E-state index contributed by atoms with van der Waals surface area (Å²) in [6, 6.07) is 23.7. The van der Waals surface area contributed by atoms with E-state index >= 15 is 0 Å². The summed E-state index contributed by atoms with van der Waals surface area (Å²) in [4.78, 5) is 2.15. The lowest BCUT2D eigenvalue weighted by Crippen LogP contribution is -2.10. The number of benzene rings is 3. The molecule has 0 aliphatic heterocycles. The molecule has 4 nitrogen and oxygen atoms in total. The monoisotopic (exact) mass is 333 g/mol. The minimum absolute atomic E-state index is 0.149. The molecule has 3 aromatic rings. The van der Waals surface area contributed by atoms with Crippen LogP contribution in [0.1, 0.15) is 13.8 Å². The summed E-state index contributed by atoms with van der Waals surface area (Å²) in [5.74, 6) is 0.855. The quantitative estimate of drug-likeness (QED) is 0.637. The molecule has 4 heteroatoms. The summed E-state index contributed by atoms with van der Waals surface area (Å²) in [6.07, 6.45) is 0.149. The average Bonchev–Trinajstić information content (AvgIpc) is 2.59. The third-order valence-electron chi connectivity index (χ3n) is 3.77. The molecule has 0 heterocycles. The van der Waals surface area contributed by atoms with E-state index in [1.165, 1.54) is 0 Å². The van der Waals surface area contributed by atoms with Crippen molar-refractivity contribution in [3.8, 4) is 5.75 Å². The van der Waals surface area contributed by atoms with Crippen LogP contribution >= 0.6 is 0 Å². The summed E-state index contributed by atoms with van der Waals surface area (Å²) < 4.78 is 5.74. The van der Waals surface area contributed by atoms with E-state index in [0.717, 1.165) is 34.2 Å². The SMILES string of the molecule is CC(C)Oc1ccc(N(c2ccc(N)cc2)c2ccc(N)cc2)cc1. The number of rotatable bonds is 5. The Labute approximate surface area is 148 Å². The molecule has 4 N–H and O–H groups in total. The Hall–Kier alpha value is -3.14. The van der Waals surface area contributed by atoms with Gasteiger partial charge in [-0.2, -0.15) is 0 Å². The highest BCUT2D eigenvalue weighted by Gasteiger charge is 2.12. The molecule has 0 aliphatic rings. The Kier molecular flexibility index (Phi) is 4.80. The van der Waals surface area contributed by atoms with Crippen molar-refractivity contribution in [1.82, 2.24) is 0 Å². The van der Waals surface area contributed by atoms with Gasteiger partial charge in [0, 0.05) is 28.4 Å². The number of anilines is 5. The van der Waals surface area contributed by atoms with Gasteiger partial charge >= 0.3 is 0 Å². The molecule has 0 amide bonds. The standard InChI is InChI=1S/C21H23N3O/c1-15(2)25-21-13-11-20(12-14-21)24(18-7-3-16(22)4-8-18)19-9-5-17(23)6-10-19/h3-15H,22-23H2,1-2H3. The van der Waals surface area contributed by atoms with Crippen LogP contribution in [-0.4, -0.2) is 6.10 Å². The molecule has 0 bridgehead atoms. The summed E-state index contributed by atoms with van der Waals surface area (Å²) >= 11 is 0. The largest absolute Gasteiger partial charge is 0.491 e. The van der Waals surface area contributed by atoms with Crippen LogP contribution in [0.4, 0.5) is 28.4 Å². The van der Waals surface area contributed by atoms with Crippen molar-refractivity contribution in [2.75, 3.05) is 16.4 Å². The Morgan fingerprint density at radius 3 is 1.36 bits per heavy atom. The molecule has 0 spiro atoms. The number of hydrogen-bond donors (Lipinski definition) is 2. The highest BCUT2D eigenvalue weighted by Crippen LogP contribution is 2.35. The first-order valence-electron chi connectivity index (χ1n) is 8.31. The van der Waals surface area contributed by atoms with Crippen LogP contribution in [0.3, 0.4) is 0 Å². The summed E-state index contributed by atoms with van der Waals surface area (Å²) in [7, 11) is 0. The molecule has 25 heavy (non-hydrogen) atoms. The van der Waals surface area contributed by atoms with Crippen molar-refractivity contribution in [1.29, 1.82) is 0 Å². The van der Waals surface area contributed by atoms with Crippen molar-refractivity contribution in [2.45, 2.75) is 20.0 Å². The van der Waals surface area contributed by atoms with E-state index in [4.69, 9.17) is 16.2 Å². The lowest BCUT2D eigenvalue weighted by Gasteiger charge is -2.26. The van der Waals surface area contributed by atoms with E-state index in [1.807, 2.05) is 86.6 Å². The fraction of sp³-hybridized carbons (Fsp3) is 0.143. The van der Waals surface area contributed by atoms with E-state index in [9.17, 15) is 0 Å². The Morgan fingerprint density at radius 1 is 0.640 bits per heavy atom. The maximum atomic E-state index is 5.84. The zero-order valence-electron chi connectivity index (χ0n) is 14.5. The van der Waals surface area contributed by atoms with Gasteiger partial charge in [-0.05, 0) is 86.6 Å². The Balaban J connectivity index is 2.01. The minimum atomic E-state index is 0.149. The van der Waals surface area contributed by atoms with Crippen LogP contribution in [-0.2, 0) is 0 Å².